The summed E-state index contributed by atoms with van der Waals surface area (Å²) in [7, 11) is 0. The van der Waals surface area contributed by atoms with E-state index in [1.54, 1.807) is 12.1 Å². The van der Waals surface area contributed by atoms with E-state index in [0.717, 1.165) is 34.3 Å². The molecule has 3 aromatic rings. The molecular formula is C21H18BrNO2. The van der Waals surface area contributed by atoms with Crippen molar-refractivity contribution in [3.63, 3.8) is 0 Å². The quantitative estimate of drug-likeness (QED) is 0.637. The molecule has 4 rings (SSSR count). The van der Waals surface area contributed by atoms with Gasteiger partial charge in [0, 0.05) is 15.9 Å². The third kappa shape index (κ3) is 3.02. The van der Waals surface area contributed by atoms with Crippen molar-refractivity contribution < 1.29 is 9.90 Å². The van der Waals surface area contributed by atoms with E-state index in [-0.39, 0.29) is 0 Å². The number of fused-ring (bicyclic) bond motifs is 1. The summed E-state index contributed by atoms with van der Waals surface area (Å²) in [6.45, 7) is 0. The second-order valence-electron chi connectivity index (χ2n) is 6.41. The van der Waals surface area contributed by atoms with Crippen molar-refractivity contribution in [1.29, 1.82) is 0 Å². The number of rotatable bonds is 3. The van der Waals surface area contributed by atoms with Crippen molar-refractivity contribution in [2.24, 2.45) is 0 Å². The van der Waals surface area contributed by atoms with Crippen LogP contribution in [0.3, 0.4) is 0 Å². The molecule has 1 N–H and O–H groups in total. The van der Waals surface area contributed by atoms with Gasteiger partial charge < -0.3 is 9.67 Å². The molecule has 0 unspecified atom stereocenters. The van der Waals surface area contributed by atoms with Crippen LogP contribution in [0.25, 0.3) is 16.9 Å². The average Bonchev–Trinajstić information content (AvgIpc) is 3.02. The molecule has 0 saturated heterocycles. The highest BCUT2D eigenvalue weighted by Gasteiger charge is 2.20. The molecule has 25 heavy (non-hydrogen) atoms. The van der Waals surface area contributed by atoms with E-state index in [1.165, 1.54) is 24.1 Å². The van der Waals surface area contributed by atoms with Crippen molar-refractivity contribution in [3.05, 3.63) is 75.9 Å². The lowest BCUT2D eigenvalue weighted by atomic mass is 9.98. The minimum absolute atomic E-state index is 0.317. The number of aromatic nitrogens is 1. The molecule has 1 aliphatic rings. The van der Waals surface area contributed by atoms with Crippen LogP contribution in [0.15, 0.2) is 59.1 Å². The molecule has 1 heterocycles. The molecule has 1 aromatic heterocycles. The summed E-state index contributed by atoms with van der Waals surface area (Å²) in [6, 6.07) is 17.8. The van der Waals surface area contributed by atoms with Gasteiger partial charge in [0.25, 0.3) is 0 Å². The van der Waals surface area contributed by atoms with Crippen LogP contribution < -0.4 is 0 Å². The van der Waals surface area contributed by atoms with Gasteiger partial charge >= 0.3 is 5.97 Å². The lowest BCUT2D eigenvalue weighted by Crippen LogP contribution is -2.08. The number of aryl methyl sites for hydroxylation is 1. The normalized spacial score (nSPS) is 13.5. The van der Waals surface area contributed by atoms with Gasteiger partial charge in [-0.05, 0) is 73.2 Å². The van der Waals surface area contributed by atoms with Crippen molar-refractivity contribution in [1.82, 2.24) is 4.57 Å². The third-order valence-electron chi connectivity index (χ3n) is 4.79. The van der Waals surface area contributed by atoms with Crippen LogP contribution in [0.4, 0.5) is 0 Å². The predicted octanol–water partition coefficient (Wildman–Crippen LogP) is 5.48. The molecular weight excluding hydrogens is 378 g/mol. The average molecular weight is 396 g/mol. The molecule has 0 spiro atoms. The molecule has 0 atom stereocenters. The van der Waals surface area contributed by atoms with Crippen molar-refractivity contribution >= 4 is 21.9 Å². The van der Waals surface area contributed by atoms with Gasteiger partial charge in [0.2, 0.25) is 0 Å². The lowest BCUT2D eigenvalue weighted by Gasteiger charge is -2.18. The van der Waals surface area contributed by atoms with E-state index < -0.39 is 5.97 Å². The molecule has 0 fully saturated rings. The summed E-state index contributed by atoms with van der Waals surface area (Å²) in [6.07, 6.45) is 4.51. The first-order chi connectivity index (χ1) is 12.1. The Labute approximate surface area is 155 Å². The minimum atomic E-state index is -0.895. The second kappa shape index (κ2) is 6.52. The zero-order valence-electron chi connectivity index (χ0n) is 13.7. The van der Waals surface area contributed by atoms with Crippen molar-refractivity contribution in [2.45, 2.75) is 25.7 Å². The van der Waals surface area contributed by atoms with Crippen LogP contribution in [0.2, 0.25) is 0 Å². The predicted molar refractivity (Wildman–Crippen MR) is 103 cm³/mol. The van der Waals surface area contributed by atoms with Crippen LogP contribution in [-0.2, 0) is 12.8 Å². The Morgan fingerprint density at radius 2 is 1.76 bits per heavy atom. The first-order valence-corrected chi connectivity index (χ1v) is 9.26. The fourth-order valence-corrected chi connectivity index (χ4v) is 3.87. The van der Waals surface area contributed by atoms with Gasteiger partial charge in [-0.1, -0.05) is 34.1 Å². The van der Waals surface area contributed by atoms with Gasteiger partial charge in [0.05, 0.1) is 11.3 Å². The van der Waals surface area contributed by atoms with Crippen LogP contribution in [0.5, 0.6) is 0 Å². The number of carboxylic acids is 1. The fraction of sp³-hybridized carbons (Fsp3) is 0.190. The fourth-order valence-electron chi connectivity index (χ4n) is 3.60. The Balaban J connectivity index is 1.93. The Morgan fingerprint density at radius 1 is 1.00 bits per heavy atom. The van der Waals surface area contributed by atoms with Gasteiger partial charge in [-0.25, -0.2) is 4.79 Å². The van der Waals surface area contributed by atoms with E-state index in [0.29, 0.717) is 5.56 Å². The Bertz CT molecular complexity index is 941. The van der Waals surface area contributed by atoms with Crippen LogP contribution in [0, 0.1) is 0 Å². The number of hydrogen-bond acceptors (Lipinski definition) is 1. The third-order valence-corrected chi connectivity index (χ3v) is 5.32. The maximum absolute atomic E-state index is 11.4. The molecule has 3 nitrogen and oxygen atoms in total. The van der Waals surface area contributed by atoms with Crippen LogP contribution in [0.1, 0.15) is 34.5 Å². The molecule has 0 radical (unpaired) electrons. The highest BCUT2D eigenvalue weighted by Crippen LogP contribution is 2.34. The number of halogens is 1. The minimum Gasteiger partial charge on any atom is -0.478 e. The highest BCUT2D eigenvalue weighted by atomic mass is 79.9. The van der Waals surface area contributed by atoms with Crippen molar-refractivity contribution in [3.8, 4) is 16.9 Å². The zero-order chi connectivity index (χ0) is 17.4. The molecule has 0 bridgehead atoms. The van der Waals surface area contributed by atoms with Gasteiger partial charge in [0.15, 0.2) is 0 Å². The van der Waals surface area contributed by atoms with Gasteiger partial charge in [-0.15, -0.1) is 0 Å². The number of aromatic carboxylic acids is 1. The summed E-state index contributed by atoms with van der Waals surface area (Å²) in [5.74, 6) is -0.895. The largest absolute Gasteiger partial charge is 0.478 e. The Hall–Kier alpha value is -2.33. The summed E-state index contributed by atoms with van der Waals surface area (Å²) < 4.78 is 3.29. The standard InChI is InChI=1S/C21H18BrNO2/c22-17-10-8-14(9-11-17)20-13-15-4-1-2-7-19(15)23(20)18-6-3-5-16(12-18)21(24)25/h3,5-6,8-13H,1-2,4,7H2,(H,24,25). The van der Waals surface area contributed by atoms with Gasteiger partial charge in [-0.2, -0.15) is 0 Å². The summed E-state index contributed by atoms with van der Waals surface area (Å²) >= 11 is 3.49. The molecule has 0 aliphatic heterocycles. The maximum atomic E-state index is 11.4. The van der Waals surface area contributed by atoms with Gasteiger partial charge in [0.1, 0.15) is 0 Å². The number of nitrogens with zero attached hydrogens (tertiary/aromatic N) is 1. The number of hydrogen-bond donors (Lipinski definition) is 1. The molecule has 1 aliphatic carbocycles. The monoisotopic (exact) mass is 395 g/mol. The summed E-state index contributed by atoms with van der Waals surface area (Å²) in [5.41, 5.74) is 6.19. The first kappa shape index (κ1) is 16.2. The van der Waals surface area contributed by atoms with Gasteiger partial charge in [-0.3, -0.25) is 0 Å². The SMILES string of the molecule is O=C(O)c1cccc(-n2c(-c3ccc(Br)cc3)cc3c2CCCC3)c1. The lowest BCUT2D eigenvalue weighted by molar-refractivity contribution is 0.0697. The molecule has 0 saturated carbocycles. The van der Waals surface area contributed by atoms with Crippen molar-refractivity contribution in [2.75, 3.05) is 0 Å². The van der Waals surface area contributed by atoms with E-state index in [1.807, 2.05) is 24.3 Å². The summed E-state index contributed by atoms with van der Waals surface area (Å²) in [4.78, 5) is 11.4. The zero-order valence-corrected chi connectivity index (χ0v) is 15.3. The first-order valence-electron chi connectivity index (χ1n) is 8.46. The molecule has 4 heteroatoms. The van der Waals surface area contributed by atoms with E-state index in [9.17, 15) is 9.90 Å². The van der Waals surface area contributed by atoms with E-state index in [2.05, 4.69) is 38.7 Å². The number of carboxylic acid groups (broad SMARTS) is 1. The van der Waals surface area contributed by atoms with Crippen LogP contribution in [-0.4, -0.2) is 15.6 Å². The maximum Gasteiger partial charge on any atom is 0.335 e. The molecule has 0 amide bonds. The molecule has 2 aromatic carbocycles. The smallest absolute Gasteiger partial charge is 0.335 e. The molecule has 126 valence electrons. The Morgan fingerprint density at radius 3 is 2.52 bits per heavy atom. The van der Waals surface area contributed by atoms with Crippen LogP contribution >= 0.6 is 15.9 Å². The van der Waals surface area contributed by atoms with E-state index >= 15 is 0 Å². The Kier molecular flexibility index (Phi) is 4.22. The number of benzene rings is 2. The number of carbonyl (C=O) groups is 1. The highest BCUT2D eigenvalue weighted by molar-refractivity contribution is 9.10. The summed E-state index contributed by atoms with van der Waals surface area (Å²) in [5, 5.41) is 9.35. The second-order valence-corrected chi connectivity index (χ2v) is 7.32. The van der Waals surface area contributed by atoms with E-state index in [4.69, 9.17) is 0 Å². The topological polar surface area (TPSA) is 42.2 Å².